The van der Waals surface area contributed by atoms with Crippen molar-refractivity contribution in [2.75, 3.05) is 36.4 Å². The van der Waals surface area contributed by atoms with Gasteiger partial charge in [0.05, 0.1) is 27.7 Å². The third-order valence-corrected chi connectivity index (χ3v) is 9.67. The number of piperazine rings is 1. The predicted octanol–water partition coefficient (Wildman–Crippen LogP) is 4.97. The minimum atomic E-state index is -4.60. The van der Waals surface area contributed by atoms with E-state index in [1.807, 2.05) is 11.8 Å². The van der Waals surface area contributed by atoms with Crippen molar-refractivity contribution in [3.05, 3.63) is 68.4 Å². The Bertz CT molecular complexity index is 1980. The van der Waals surface area contributed by atoms with Gasteiger partial charge in [-0.05, 0) is 44.4 Å². The van der Waals surface area contributed by atoms with Crippen molar-refractivity contribution in [3.63, 3.8) is 0 Å². The summed E-state index contributed by atoms with van der Waals surface area (Å²) >= 11 is 6.13. The molecule has 4 heterocycles. The first-order chi connectivity index (χ1) is 23.9. The number of hydrogen-bond acceptors (Lipinski definition) is 9. The molecule has 0 spiro atoms. The summed E-state index contributed by atoms with van der Waals surface area (Å²) < 4.78 is 42.5. The van der Waals surface area contributed by atoms with Gasteiger partial charge in [0.1, 0.15) is 18.6 Å². The number of nitrogens with one attached hydrogen (secondary N) is 1. The van der Waals surface area contributed by atoms with Gasteiger partial charge in [-0.3, -0.25) is 14.4 Å². The van der Waals surface area contributed by atoms with E-state index in [0.717, 1.165) is 56.7 Å². The molecule has 1 aliphatic carbocycles. The Hall–Kier alpha value is -4.73. The maximum Gasteiger partial charge on any atom is 0.416 e. The maximum absolute atomic E-state index is 14.2. The van der Waals surface area contributed by atoms with Gasteiger partial charge in [-0.1, -0.05) is 44.2 Å². The highest BCUT2D eigenvalue weighted by Gasteiger charge is 2.33. The number of aromatic hydroxyl groups is 1. The number of fused-ring (bicyclic) bond motifs is 1. The SMILES string of the molecule is CCc1c(N2CCN(C(=O)c3ncnc(C)c3O)CC2)c(=O)n2nc(C3CCCCCC3)nc2n1CC(=O)Nc1ccc(C(F)(F)F)cc1Cl. The van der Waals surface area contributed by atoms with E-state index in [2.05, 4.69) is 20.4 Å². The fourth-order valence-corrected chi connectivity index (χ4v) is 6.92. The van der Waals surface area contributed by atoms with Gasteiger partial charge in [0.25, 0.3) is 11.5 Å². The number of aryl methyl sites for hydroxylation is 1. The summed E-state index contributed by atoms with van der Waals surface area (Å²) in [5, 5.41) is 17.4. The highest BCUT2D eigenvalue weighted by Crippen LogP contribution is 2.34. The Morgan fingerprint density at radius 1 is 1.06 bits per heavy atom. The summed E-state index contributed by atoms with van der Waals surface area (Å²) in [5.41, 5.74) is -0.339. The molecule has 2 N–H and O–H groups in total. The minimum Gasteiger partial charge on any atom is -0.504 e. The van der Waals surface area contributed by atoms with Crippen molar-refractivity contribution in [2.24, 2.45) is 0 Å². The molecule has 3 aromatic heterocycles. The van der Waals surface area contributed by atoms with Gasteiger partial charge in [-0.25, -0.2) is 9.97 Å². The number of halogens is 4. The molecule has 266 valence electrons. The Labute approximate surface area is 290 Å². The van der Waals surface area contributed by atoms with Crippen LogP contribution in [0, 0.1) is 6.92 Å². The second-order valence-electron chi connectivity index (χ2n) is 12.6. The smallest absolute Gasteiger partial charge is 0.416 e. The zero-order valence-electron chi connectivity index (χ0n) is 27.6. The molecule has 0 unspecified atom stereocenters. The van der Waals surface area contributed by atoms with Crippen LogP contribution in [-0.2, 0) is 23.9 Å². The number of hydrogen-bond donors (Lipinski definition) is 2. The normalized spacial score (nSPS) is 16.1. The maximum atomic E-state index is 14.2. The summed E-state index contributed by atoms with van der Waals surface area (Å²) in [6, 6.07) is 2.68. The average Bonchev–Trinajstić information content (AvgIpc) is 3.36. The standard InChI is InChI=1S/C33H37ClF3N9O4/c1-3-24-27(43-12-14-44(15-13-43)30(49)26-28(48)19(2)38-18-39-26)31(50)46-32(41-29(42-46)20-8-6-4-5-7-9-20)45(24)17-25(47)40-23-11-10-21(16-22(23)34)33(35,36)37/h10-11,16,18,20,48H,3-9,12-15,17H2,1-2H3,(H,40,47). The van der Waals surface area contributed by atoms with Crippen LogP contribution < -0.4 is 15.8 Å². The average molecular weight is 716 g/mol. The van der Waals surface area contributed by atoms with Crippen LogP contribution >= 0.6 is 11.6 Å². The number of benzene rings is 1. The lowest BCUT2D eigenvalue weighted by Crippen LogP contribution is -2.51. The van der Waals surface area contributed by atoms with Crippen molar-refractivity contribution in [1.29, 1.82) is 0 Å². The van der Waals surface area contributed by atoms with E-state index in [-0.39, 0.29) is 72.3 Å². The molecular weight excluding hydrogens is 679 g/mol. The fraction of sp³-hybridized carbons (Fsp3) is 0.485. The number of anilines is 2. The van der Waals surface area contributed by atoms with Gasteiger partial charge in [-0.2, -0.15) is 22.7 Å². The molecule has 1 aliphatic heterocycles. The van der Waals surface area contributed by atoms with Gasteiger partial charge in [0.2, 0.25) is 11.7 Å². The van der Waals surface area contributed by atoms with Gasteiger partial charge in [0, 0.05) is 32.1 Å². The van der Waals surface area contributed by atoms with Gasteiger partial charge >= 0.3 is 6.18 Å². The number of rotatable bonds is 7. The summed E-state index contributed by atoms with van der Waals surface area (Å²) in [6.45, 7) is 4.06. The van der Waals surface area contributed by atoms with E-state index in [1.54, 1.807) is 16.4 Å². The molecule has 13 nitrogen and oxygen atoms in total. The number of aromatic nitrogens is 6. The van der Waals surface area contributed by atoms with Gasteiger partial charge in [-0.15, -0.1) is 5.10 Å². The van der Waals surface area contributed by atoms with E-state index < -0.39 is 29.1 Å². The molecule has 17 heteroatoms. The van der Waals surface area contributed by atoms with Gasteiger partial charge < -0.3 is 24.8 Å². The molecule has 1 saturated heterocycles. The Kier molecular flexibility index (Phi) is 10.0. The molecule has 0 radical (unpaired) electrons. The lowest BCUT2D eigenvalue weighted by Gasteiger charge is -2.36. The molecule has 1 aromatic carbocycles. The van der Waals surface area contributed by atoms with Crippen molar-refractivity contribution >= 4 is 40.6 Å². The molecule has 2 amide bonds. The number of alkyl halides is 3. The second-order valence-corrected chi connectivity index (χ2v) is 13.0. The predicted molar refractivity (Wildman–Crippen MR) is 179 cm³/mol. The summed E-state index contributed by atoms with van der Waals surface area (Å²) in [6.07, 6.45) is 2.95. The van der Waals surface area contributed by atoms with Gasteiger partial charge in [0.15, 0.2) is 17.3 Å². The molecule has 50 heavy (non-hydrogen) atoms. The van der Waals surface area contributed by atoms with Crippen LogP contribution in [0.4, 0.5) is 24.5 Å². The Morgan fingerprint density at radius 2 is 1.76 bits per heavy atom. The quantitative estimate of drug-likeness (QED) is 0.253. The molecule has 2 aliphatic rings. The van der Waals surface area contributed by atoms with Crippen LogP contribution in [0.25, 0.3) is 5.78 Å². The summed E-state index contributed by atoms with van der Waals surface area (Å²) in [5.74, 6) is -0.570. The van der Waals surface area contributed by atoms with E-state index in [0.29, 0.717) is 23.6 Å². The molecule has 2 fully saturated rings. The molecule has 0 bridgehead atoms. The molecule has 4 aromatic rings. The highest BCUT2D eigenvalue weighted by atomic mass is 35.5. The van der Waals surface area contributed by atoms with E-state index >= 15 is 0 Å². The zero-order valence-corrected chi connectivity index (χ0v) is 28.4. The first-order valence-corrected chi connectivity index (χ1v) is 17.0. The Balaban J connectivity index is 1.34. The van der Waals surface area contributed by atoms with Crippen LogP contribution in [0.3, 0.4) is 0 Å². The summed E-state index contributed by atoms with van der Waals surface area (Å²) in [4.78, 5) is 57.1. The van der Waals surface area contributed by atoms with E-state index in [9.17, 15) is 32.7 Å². The van der Waals surface area contributed by atoms with Crippen LogP contribution in [0.1, 0.15) is 84.6 Å². The molecule has 0 atom stereocenters. The van der Waals surface area contributed by atoms with Crippen LogP contribution in [-0.4, -0.2) is 77.1 Å². The van der Waals surface area contributed by atoms with E-state index in [4.69, 9.17) is 16.6 Å². The molecular formula is C33H37ClF3N9O4. The summed E-state index contributed by atoms with van der Waals surface area (Å²) in [7, 11) is 0. The second kappa shape index (κ2) is 14.2. The number of amides is 2. The molecule has 1 saturated carbocycles. The monoisotopic (exact) mass is 715 g/mol. The zero-order chi connectivity index (χ0) is 35.7. The van der Waals surface area contributed by atoms with Crippen molar-refractivity contribution in [2.45, 2.75) is 77.4 Å². The Morgan fingerprint density at radius 3 is 2.40 bits per heavy atom. The highest BCUT2D eigenvalue weighted by molar-refractivity contribution is 6.33. The number of carbonyl (C=O) groups excluding carboxylic acids is 2. The van der Waals surface area contributed by atoms with E-state index in [1.165, 1.54) is 10.8 Å². The third kappa shape index (κ3) is 6.98. The first kappa shape index (κ1) is 35.1. The van der Waals surface area contributed by atoms with Crippen molar-refractivity contribution in [1.82, 2.24) is 34.0 Å². The van der Waals surface area contributed by atoms with Crippen LogP contribution in [0.5, 0.6) is 5.75 Å². The fourth-order valence-electron chi connectivity index (χ4n) is 6.69. The number of carbonyl (C=O) groups is 2. The third-order valence-electron chi connectivity index (χ3n) is 9.36. The number of nitrogens with zero attached hydrogens (tertiary/aromatic N) is 8. The van der Waals surface area contributed by atoms with Crippen LogP contribution in [0.2, 0.25) is 5.02 Å². The molecule has 6 rings (SSSR count). The van der Waals surface area contributed by atoms with Crippen molar-refractivity contribution in [3.8, 4) is 5.75 Å². The lowest BCUT2D eigenvalue weighted by atomic mass is 10.00. The lowest BCUT2D eigenvalue weighted by molar-refractivity contribution is -0.137. The topological polar surface area (TPSA) is 151 Å². The largest absolute Gasteiger partial charge is 0.504 e. The van der Waals surface area contributed by atoms with Crippen molar-refractivity contribution < 1.29 is 27.9 Å². The minimum absolute atomic E-state index is 0.00585. The van der Waals surface area contributed by atoms with Crippen LogP contribution in [0.15, 0.2) is 29.3 Å². The first-order valence-electron chi connectivity index (χ1n) is 16.6.